The van der Waals surface area contributed by atoms with Crippen LogP contribution in [0.2, 0.25) is 0 Å². The van der Waals surface area contributed by atoms with Crippen LogP contribution in [0.4, 0.5) is 17.3 Å². The zero-order chi connectivity index (χ0) is 16.2. The minimum atomic E-state index is -0.443. The first-order valence-corrected chi connectivity index (χ1v) is 6.76. The third kappa shape index (κ3) is 3.26. The normalized spacial score (nSPS) is 10.3. The van der Waals surface area contributed by atoms with E-state index in [1.165, 1.54) is 12.1 Å². The van der Waals surface area contributed by atoms with Gasteiger partial charge in [0.05, 0.1) is 16.3 Å². The van der Waals surface area contributed by atoms with Gasteiger partial charge in [-0.15, -0.1) is 5.10 Å². The fourth-order valence-corrected chi connectivity index (χ4v) is 1.98. The molecule has 0 radical (unpaired) electrons. The minimum Gasteiger partial charge on any atom is -0.324 e. The van der Waals surface area contributed by atoms with Gasteiger partial charge in [-0.3, -0.25) is 10.1 Å². The number of benzene rings is 1. The van der Waals surface area contributed by atoms with Crippen molar-refractivity contribution in [2.24, 2.45) is 0 Å². The average molecular weight is 308 g/mol. The molecule has 1 aromatic carbocycles. The van der Waals surface area contributed by atoms with Gasteiger partial charge in [0.25, 0.3) is 5.69 Å². The van der Waals surface area contributed by atoms with E-state index in [4.69, 9.17) is 0 Å². The van der Waals surface area contributed by atoms with Crippen molar-refractivity contribution >= 4 is 17.3 Å². The highest BCUT2D eigenvalue weighted by molar-refractivity contribution is 5.63. The van der Waals surface area contributed by atoms with Crippen LogP contribution in [0.5, 0.6) is 0 Å². The quantitative estimate of drug-likeness (QED) is 0.583. The van der Waals surface area contributed by atoms with Crippen LogP contribution in [0.3, 0.4) is 0 Å². The van der Waals surface area contributed by atoms with Crippen LogP contribution in [0, 0.1) is 17.0 Å². The van der Waals surface area contributed by atoms with E-state index in [2.05, 4.69) is 25.5 Å². The molecule has 0 unspecified atom stereocenters. The molecule has 1 N–H and O–H groups in total. The van der Waals surface area contributed by atoms with E-state index in [0.717, 1.165) is 5.56 Å². The molecule has 0 aliphatic rings. The maximum Gasteiger partial charge on any atom is 0.271 e. The number of nitrogens with one attached hydrogen (secondary N) is 1. The maximum atomic E-state index is 10.9. The van der Waals surface area contributed by atoms with Gasteiger partial charge in [-0.1, -0.05) is 6.07 Å². The van der Waals surface area contributed by atoms with Gasteiger partial charge in [0, 0.05) is 24.5 Å². The summed E-state index contributed by atoms with van der Waals surface area (Å²) in [5.41, 5.74) is 2.66. The Morgan fingerprint density at radius 1 is 1.13 bits per heavy atom. The number of hydrogen-bond acceptors (Lipinski definition) is 7. The van der Waals surface area contributed by atoms with Crippen molar-refractivity contribution in [2.75, 3.05) is 5.32 Å². The molecule has 0 aliphatic carbocycles. The molecule has 2 heterocycles. The van der Waals surface area contributed by atoms with Crippen molar-refractivity contribution in [3.63, 3.8) is 0 Å². The van der Waals surface area contributed by atoms with E-state index in [1.54, 1.807) is 36.7 Å². The second kappa shape index (κ2) is 6.14. The zero-order valence-corrected chi connectivity index (χ0v) is 12.2. The maximum absolute atomic E-state index is 10.9. The summed E-state index contributed by atoms with van der Waals surface area (Å²) in [4.78, 5) is 18.9. The van der Waals surface area contributed by atoms with E-state index >= 15 is 0 Å². The minimum absolute atomic E-state index is 0.00295. The second-order valence-corrected chi connectivity index (χ2v) is 4.76. The van der Waals surface area contributed by atoms with Crippen LogP contribution in [0.15, 0.2) is 48.8 Å². The Morgan fingerprint density at radius 2 is 2.00 bits per heavy atom. The van der Waals surface area contributed by atoms with Gasteiger partial charge in [0.15, 0.2) is 0 Å². The summed E-state index contributed by atoms with van der Waals surface area (Å²) in [6.45, 7) is 1.85. The summed E-state index contributed by atoms with van der Waals surface area (Å²) in [7, 11) is 0. The molecule has 0 spiro atoms. The Labute approximate surface area is 131 Å². The SMILES string of the molecule is Cc1ccc([N+](=O)[O-])cc1Nc1nccc(-c2cccnn2)n1. The third-order valence-electron chi connectivity index (χ3n) is 3.17. The number of nitro benzene ring substituents is 1. The van der Waals surface area contributed by atoms with Crippen LogP contribution in [-0.2, 0) is 0 Å². The first-order chi connectivity index (χ1) is 11.1. The molecule has 0 fully saturated rings. The Hall–Kier alpha value is -3.42. The summed E-state index contributed by atoms with van der Waals surface area (Å²) in [6.07, 6.45) is 3.17. The predicted octanol–water partition coefficient (Wildman–Crippen LogP) is 2.89. The second-order valence-electron chi connectivity index (χ2n) is 4.76. The van der Waals surface area contributed by atoms with Crippen molar-refractivity contribution in [3.05, 3.63) is 64.5 Å². The van der Waals surface area contributed by atoms with Gasteiger partial charge < -0.3 is 5.32 Å². The number of non-ortho nitro benzene ring substituents is 1. The Balaban J connectivity index is 1.92. The van der Waals surface area contributed by atoms with Crippen molar-refractivity contribution in [3.8, 4) is 11.4 Å². The largest absolute Gasteiger partial charge is 0.324 e. The molecule has 8 nitrogen and oxygen atoms in total. The van der Waals surface area contributed by atoms with Crippen LogP contribution in [-0.4, -0.2) is 25.1 Å². The molecule has 0 amide bonds. The number of aryl methyl sites for hydroxylation is 1. The number of anilines is 2. The molecule has 2 aromatic heterocycles. The molecule has 3 aromatic rings. The van der Waals surface area contributed by atoms with Gasteiger partial charge >= 0.3 is 0 Å². The first kappa shape index (κ1) is 14.5. The summed E-state index contributed by atoms with van der Waals surface area (Å²) in [5.74, 6) is 0.330. The monoisotopic (exact) mass is 308 g/mol. The topological polar surface area (TPSA) is 107 Å². The van der Waals surface area contributed by atoms with E-state index in [-0.39, 0.29) is 5.69 Å². The lowest BCUT2D eigenvalue weighted by atomic mass is 10.2. The van der Waals surface area contributed by atoms with Crippen molar-refractivity contribution in [2.45, 2.75) is 6.92 Å². The third-order valence-corrected chi connectivity index (χ3v) is 3.17. The average Bonchev–Trinajstić information content (AvgIpc) is 2.58. The van der Waals surface area contributed by atoms with Gasteiger partial charge in [-0.25, -0.2) is 9.97 Å². The summed E-state index contributed by atoms with van der Waals surface area (Å²) in [6, 6.07) is 9.85. The lowest BCUT2D eigenvalue weighted by Gasteiger charge is -2.08. The lowest BCUT2D eigenvalue weighted by molar-refractivity contribution is -0.384. The highest BCUT2D eigenvalue weighted by atomic mass is 16.6. The molecule has 0 atom stereocenters. The molecule has 0 saturated heterocycles. The van der Waals surface area contributed by atoms with Crippen LogP contribution in [0.25, 0.3) is 11.4 Å². The fourth-order valence-electron chi connectivity index (χ4n) is 1.98. The van der Waals surface area contributed by atoms with Crippen molar-refractivity contribution in [1.82, 2.24) is 20.2 Å². The van der Waals surface area contributed by atoms with E-state index < -0.39 is 4.92 Å². The molecule has 0 saturated carbocycles. The van der Waals surface area contributed by atoms with Gasteiger partial charge in [-0.05, 0) is 30.7 Å². The van der Waals surface area contributed by atoms with Crippen LogP contribution < -0.4 is 5.32 Å². The molecular weight excluding hydrogens is 296 g/mol. The Morgan fingerprint density at radius 3 is 2.74 bits per heavy atom. The molecular formula is C15H12N6O2. The summed E-state index contributed by atoms with van der Waals surface area (Å²) in [5, 5.41) is 21.7. The molecule has 0 aliphatic heterocycles. The standard InChI is InChI=1S/C15H12N6O2/c1-10-4-5-11(21(22)23)9-14(10)19-15-16-8-6-12(18-15)13-3-2-7-17-20-13/h2-9H,1H3,(H,16,18,19). The van der Waals surface area contributed by atoms with Crippen LogP contribution in [0.1, 0.15) is 5.56 Å². The fraction of sp³-hybridized carbons (Fsp3) is 0.0667. The van der Waals surface area contributed by atoms with Crippen molar-refractivity contribution < 1.29 is 4.92 Å². The molecule has 8 heteroatoms. The zero-order valence-electron chi connectivity index (χ0n) is 12.2. The van der Waals surface area contributed by atoms with Crippen molar-refractivity contribution in [1.29, 1.82) is 0 Å². The Kier molecular flexibility index (Phi) is 3.88. The van der Waals surface area contributed by atoms with Gasteiger partial charge in [-0.2, -0.15) is 5.10 Å². The van der Waals surface area contributed by atoms with Gasteiger partial charge in [0.2, 0.25) is 5.95 Å². The summed E-state index contributed by atoms with van der Waals surface area (Å²) < 4.78 is 0. The number of aromatic nitrogens is 4. The predicted molar refractivity (Wildman–Crippen MR) is 84.2 cm³/mol. The van der Waals surface area contributed by atoms with E-state index in [1.807, 2.05) is 6.92 Å². The number of rotatable bonds is 4. The number of nitrogens with zero attached hydrogens (tertiary/aromatic N) is 5. The lowest BCUT2D eigenvalue weighted by Crippen LogP contribution is -2.01. The highest BCUT2D eigenvalue weighted by Crippen LogP contribution is 2.24. The molecule has 114 valence electrons. The molecule has 23 heavy (non-hydrogen) atoms. The smallest absolute Gasteiger partial charge is 0.271 e. The number of nitro groups is 1. The van der Waals surface area contributed by atoms with E-state index in [9.17, 15) is 10.1 Å². The number of hydrogen-bond donors (Lipinski definition) is 1. The van der Waals surface area contributed by atoms with E-state index in [0.29, 0.717) is 23.0 Å². The molecule has 0 bridgehead atoms. The summed E-state index contributed by atoms with van der Waals surface area (Å²) >= 11 is 0. The van der Waals surface area contributed by atoms with Gasteiger partial charge in [0.1, 0.15) is 5.69 Å². The van der Waals surface area contributed by atoms with Crippen LogP contribution >= 0.6 is 0 Å². The highest BCUT2D eigenvalue weighted by Gasteiger charge is 2.10. The Bertz CT molecular complexity index is 854. The molecule has 3 rings (SSSR count). The first-order valence-electron chi connectivity index (χ1n) is 6.76.